The van der Waals surface area contributed by atoms with Crippen molar-refractivity contribution in [1.29, 1.82) is 0 Å². The molecule has 0 saturated carbocycles. The van der Waals surface area contributed by atoms with E-state index in [2.05, 4.69) is 15.7 Å². The van der Waals surface area contributed by atoms with Gasteiger partial charge in [0, 0.05) is 48.5 Å². The first kappa shape index (κ1) is 31.1. The van der Waals surface area contributed by atoms with E-state index < -0.39 is 16.1 Å². The zero-order valence-corrected chi connectivity index (χ0v) is 27.3. The van der Waals surface area contributed by atoms with Crippen LogP contribution in [-0.4, -0.2) is 94.0 Å². The number of methoxy groups -OCH3 is 2. The third kappa shape index (κ3) is 6.41. The number of hydrogen-bond donors (Lipinski definition) is 1. The molecule has 3 aromatic rings. The van der Waals surface area contributed by atoms with Gasteiger partial charge >= 0.3 is 0 Å². The van der Waals surface area contributed by atoms with Crippen molar-refractivity contribution in [2.45, 2.75) is 54.9 Å². The average Bonchev–Trinajstić information content (AvgIpc) is 3.65. The number of rotatable bonds is 9. The van der Waals surface area contributed by atoms with E-state index in [1.165, 1.54) is 16.0 Å². The molecule has 2 fully saturated rings. The molecule has 0 aliphatic carbocycles. The third-order valence-electron chi connectivity index (χ3n) is 8.84. The van der Waals surface area contributed by atoms with Gasteiger partial charge in [0.1, 0.15) is 10.3 Å². The number of carbonyl (C=O) groups is 2. The monoisotopic (exact) mass is 660 g/mol. The summed E-state index contributed by atoms with van der Waals surface area (Å²) in [5.74, 6) is 1.01. The summed E-state index contributed by atoms with van der Waals surface area (Å²) in [6, 6.07) is 10.0. The van der Waals surface area contributed by atoms with Crippen molar-refractivity contribution in [3.05, 3.63) is 52.5 Å². The Labute approximate surface area is 266 Å². The maximum atomic E-state index is 13.5. The number of hydrogen-bond acceptors (Lipinski definition) is 8. The minimum absolute atomic E-state index is 0.0469. The van der Waals surface area contributed by atoms with E-state index in [9.17, 15) is 18.0 Å². The Morgan fingerprint density at radius 3 is 2.55 bits per heavy atom. The number of sulfonamides is 1. The van der Waals surface area contributed by atoms with E-state index >= 15 is 0 Å². The highest BCUT2D eigenvalue weighted by Gasteiger charge is 2.37. The van der Waals surface area contributed by atoms with Crippen molar-refractivity contribution in [3.8, 4) is 11.5 Å². The van der Waals surface area contributed by atoms with Crippen molar-refractivity contribution in [3.63, 3.8) is 0 Å². The Balaban J connectivity index is 1.07. The number of thiophene rings is 1. The number of benzene rings is 2. The summed E-state index contributed by atoms with van der Waals surface area (Å²) < 4.78 is 40.9. The number of piperidine rings is 1. The SMILES string of the molecule is COc1cc2c(cc1OC)CN(CC1CCCN1C(=O)CN1CCCC(NS(=O)(=O)c3cc4cc(Cl)ccc4s3)C1=O)CC2. The number of carbonyl (C=O) groups excluding carboxylic acids is 2. The van der Waals surface area contributed by atoms with Crippen LogP contribution < -0.4 is 14.2 Å². The van der Waals surface area contributed by atoms with Gasteiger partial charge in [-0.25, -0.2) is 8.42 Å². The molecular weight excluding hydrogens is 624 g/mol. The summed E-state index contributed by atoms with van der Waals surface area (Å²) in [5.41, 5.74) is 2.46. The van der Waals surface area contributed by atoms with Gasteiger partial charge in [-0.05, 0) is 85.0 Å². The van der Waals surface area contributed by atoms with Crippen molar-refractivity contribution in [2.75, 3.05) is 46.9 Å². The molecule has 10 nitrogen and oxygen atoms in total. The van der Waals surface area contributed by atoms with Crippen LogP contribution in [0, 0.1) is 0 Å². The minimum Gasteiger partial charge on any atom is -0.493 e. The highest BCUT2D eigenvalue weighted by Crippen LogP contribution is 2.34. The predicted molar refractivity (Wildman–Crippen MR) is 170 cm³/mol. The number of nitrogens with one attached hydrogen (secondary N) is 1. The maximum absolute atomic E-state index is 13.5. The molecule has 2 saturated heterocycles. The molecule has 0 spiro atoms. The van der Waals surface area contributed by atoms with E-state index in [0.717, 1.165) is 66.1 Å². The fraction of sp³-hybridized carbons (Fsp3) is 0.484. The molecule has 3 aliphatic heterocycles. The minimum atomic E-state index is -3.93. The van der Waals surface area contributed by atoms with Gasteiger partial charge in [-0.15, -0.1) is 11.3 Å². The summed E-state index contributed by atoms with van der Waals surface area (Å²) in [5, 5.41) is 1.26. The standard InChI is InChI=1S/C31H37ClN4O6S2/c1-41-26-14-20-9-12-34(17-22(20)15-27(26)42-2)18-24-5-3-11-36(24)29(37)19-35-10-4-6-25(31(35)38)33-44(39,40)30-16-21-13-23(32)7-8-28(21)43-30/h7-8,13-16,24-25,33H,3-6,9-12,17-19H2,1-2H3. The van der Waals surface area contributed by atoms with Gasteiger partial charge in [0.25, 0.3) is 10.0 Å². The molecule has 4 heterocycles. The highest BCUT2D eigenvalue weighted by molar-refractivity contribution is 7.91. The second-order valence-electron chi connectivity index (χ2n) is 11.7. The molecule has 13 heteroatoms. The van der Waals surface area contributed by atoms with Crippen molar-refractivity contribution >= 4 is 54.9 Å². The maximum Gasteiger partial charge on any atom is 0.250 e. The Morgan fingerprint density at radius 1 is 1.02 bits per heavy atom. The Morgan fingerprint density at radius 2 is 1.77 bits per heavy atom. The molecule has 3 aliphatic rings. The van der Waals surface area contributed by atoms with E-state index in [-0.39, 0.29) is 28.6 Å². The number of amides is 2. The molecule has 1 aromatic heterocycles. The fourth-order valence-corrected chi connectivity index (χ4v) is 9.38. The molecule has 2 amide bonds. The fourth-order valence-electron chi connectivity index (χ4n) is 6.58. The van der Waals surface area contributed by atoms with Crippen molar-refractivity contribution in [1.82, 2.24) is 19.4 Å². The smallest absolute Gasteiger partial charge is 0.250 e. The molecule has 236 valence electrons. The summed E-state index contributed by atoms with van der Waals surface area (Å²) >= 11 is 7.20. The van der Waals surface area contributed by atoms with Crippen LogP contribution in [0.3, 0.4) is 0 Å². The van der Waals surface area contributed by atoms with Gasteiger partial charge in [-0.2, -0.15) is 4.72 Å². The second kappa shape index (κ2) is 12.8. The number of halogens is 1. The Kier molecular flexibility index (Phi) is 9.07. The van der Waals surface area contributed by atoms with E-state index in [4.69, 9.17) is 21.1 Å². The lowest BCUT2D eigenvalue weighted by molar-refractivity contribution is -0.143. The largest absolute Gasteiger partial charge is 0.493 e. The topological polar surface area (TPSA) is 108 Å². The lowest BCUT2D eigenvalue weighted by Gasteiger charge is -2.36. The summed E-state index contributed by atoms with van der Waals surface area (Å²) in [7, 11) is -0.646. The van der Waals surface area contributed by atoms with Crippen molar-refractivity contribution < 1.29 is 27.5 Å². The number of nitrogens with zero attached hydrogens (tertiary/aromatic N) is 3. The summed E-state index contributed by atoms with van der Waals surface area (Å²) in [6.45, 7) is 3.46. The van der Waals surface area contributed by atoms with E-state index in [0.29, 0.717) is 36.7 Å². The Hall–Kier alpha value is -2.90. The predicted octanol–water partition coefficient (Wildman–Crippen LogP) is 3.89. The quantitative estimate of drug-likeness (QED) is 0.371. The van der Waals surface area contributed by atoms with Crippen LogP contribution in [0.5, 0.6) is 11.5 Å². The van der Waals surface area contributed by atoms with Crippen LogP contribution in [0.25, 0.3) is 10.1 Å². The van der Waals surface area contributed by atoms with Crippen molar-refractivity contribution in [2.24, 2.45) is 0 Å². The number of ether oxygens (including phenoxy) is 2. The lowest BCUT2D eigenvalue weighted by atomic mass is 9.98. The zero-order chi connectivity index (χ0) is 31.0. The van der Waals surface area contributed by atoms with Crippen LogP contribution in [0.2, 0.25) is 5.02 Å². The van der Waals surface area contributed by atoms with Crippen LogP contribution in [0.4, 0.5) is 0 Å². The third-order valence-corrected chi connectivity index (χ3v) is 12.1. The molecule has 1 N–H and O–H groups in total. The van der Waals surface area contributed by atoms with Gasteiger partial charge < -0.3 is 19.3 Å². The lowest BCUT2D eigenvalue weighted by Crippen LogP contribution is -2.55. The van der Waals surface area contributed by atoms with Crippen LogP contribution in [0.15, 0.2) is 40.6 Å². The molecular formula is C31H37ClN4O6S2. The summed E-state index contributed by atoms with van der Waals surface area (Å²) in [4.78, 5) is 32.7. The molecule has 0 radical (unpaired) electrons. The molecule has 0 bridgehead atoms. The second-order valence-corrected chi connectivity index (χ2v) is 15.1. The first-order valence-corrected chi connectivity index (χ1v) is 17.6. The molecule has 2 atom stereocenters. The number of likely N-dealkylation sites (tertiary alicyclic amines) is 2. The molecule has 6 rings (SSSR count). The Bertz CT molecular complexity index is 1680. The first-order chi connectivity index (χ1) is 21.1. The first-order valence-electron chi connectivity index (χ1n) is 14.9. The van der Waals surface area contributed by atoms with Crippen LogP contribution >= 0.6 is 22.9 Å². The zero-order valence-electron chi connectivity index (χ0n) is 24.9. The van der Waals surface area contributed by atoms with E-state index in [1.54, 1.807) is 38.5 Å². The van der Waals surface area contributed by atoms with Gasteiger partial charge in [-0.1, -0.05) is 11.6 Å². The summed E-state index contributed by atoms with van der Waals surface area (Å²) in [6.07, 6.45) is 3.73. The molecule has 2 aromatic carbocycles. The van der Waals surface area contributed by atoms with Gasteiger partial charge in [-0.3, -0.25) is 14.5 Å². The van der Waals surface area contributed by atoms with Gasteiger partial charge in [0.15, 0.2) is 11.5 Å². The normalized spacial score (nSPS) is 21.1. The van der Waals surface area contributed by atoms with Gasteiger partial charge in [0.05, 0.1) is 20.8 Å². The van der Waals surface area contributed by atoms with Crippen LogP contribution in [0.1, 0.15) is 36.8 Å². The molecule has 44 heavy (non-hydrogen) atoms. The number of fused-ring (bicyclic) bond motifs is 2. The van der Waals surface area contributed by atoms with E-state index in [1.807, 2.05) is 11.0 Å². The molecule has 2 unspecified atom stereocenters. The van der Waals surface area contributed by atoms with Gasteiger partial charge in [0.2, 0.25) is 11.8 Å². The highest BCUT2D eigenvalue weighted by atomic mass is 35.5. The average molecular weight is 661 g/mol. The van der Waals surface area contributed by atoms with Crippen LogP contribution in [-0.2, 0) is 32.6 Å².